The van der Waals surface area contributed by atoms with Crippen molar-refractivity contribution in [1.29, 1.82) is 5.26 Å². The lowest BCUT2D eigenvalue weighted by molar-refractivity contribution is 0.857. The first-order valence-electron chi connectivity index (χ1n) is 2.99. The van der Waals surface area contributed by atoms with Crippen LogP contribution in [0.15, 0.2) is 17.3 Å². The molecule has 0 amide bonds. The van der Waals surface area contributed by atoms with Crippen molar-refractivity contribution < 1.29 is 0 Å². The van der Waals surface area contributed by atoms with E-state index in [1.165, 1.54) is 0 Å². The number of nitriles is 1. The monoisotopic (exact) mass is 198 g/mol. The Morgan fingerprint density at radius 1 is 1.90 bits per heavy atom. The first-order chi connectivity index (χ1) is 4.67. The number of aliphatic imine (C=N–C) groups is 1. The maximum absolute atomic E-state index is 8.58. The number of hydrogen-bond acceptors (Lipinski definition) is 2. The van der Waals surface area contributed by atoms with E-state index in [1.54, 1.807) is 6.20 Å². The molecule has 0 aliphatic carbocycles. The van der Waals surface area contributed by atoms with E-state index in [0.717, 1.165) is 6.42 Å². The Bertz CT molecular complexity index is 232. The molecule has 1 atom stereocenters. The Kier molecular flexibility index (Phi) is 1.91. The Balaban J connectivity index is 2.95. The number of allylic oxidation sites excluding steroid dienone is 1. The van der Waals surface area contributed by atoms with Gasteiger partial charge < -0.3 is 0 Å². The van der Waals surface area contributed by atoms with E-state index in [1.807, 2.05) is 19.1 Å². The molecule has 0 bridgehead atoms. The van der Waals surface area contributed by atoms with Gasteiger partial charge in [0.2, 0.25) is 0 Å². The summed E-state index contributed by atoms with van der Waals surface area (Å²) in [4.78, 5) is 3.93. The summed E-state index contributed by atoms with van der Waals surface area (Å²) in [5.74, 6) is 0. The molecule has 52 valence electrons. The maximum atomic E-state index is 8.58. The fourth-order valence-corrected chi connectivity index (χ4v) is 1.16. The van der Waals surface area contributed by atoms with Crippen LogP contribution in [0.1, 0.15) is 13.3 Å². The molecule has 0 N–H and O–H groups in total. The van der Waals surface area contributed by atoms with E-state index >= 15 is 0 Å². The number of hydrogen-bond donors (Lipinski definition) is 0. The number of halogens is 1. The van der Waals surface area contributed by atoms with Crippen molar-refractivity contribution in [1.82, 2.24) is 0 Å². The molecule has 0 aromatic heterocycles. The molecule has 10 heavy (non-hydrogen) atoms. The summed E-state index contributed by atoms with van der Waals surface area (Å²) < 4.78 is -0.240. The lowest BCUT2D eigenvalue weighted by Crippen LogP contribution is -2.27. The fourth-order valence-electron chi connectivity index (χ4n) is 0.778. The van der Waals surface area contributed by atoms with Gasteiger partial charge in [0, 0.05) is 6.20 Å². The second-order valence-electron chi connectivity index (χ2n) is 2.38. The molecule has 1 aliphatic heterocycles. The smallest absolute Gasteiger partial charge is 0.134 e. The van der Waals surface area contributed by atoms with Crippen molar-refractivity contribution in [3.63, 3.8) is 0 Å². The van der Waals surface area contributed by atoms with E-state index in [-0.39, 0.29) is 4.32 Å². The van der Waals surface area contributed by atoms with Gasteiger partial charge in [-0.15, -0.1) is 0 Å². The van der Waals surface area contributed by atoms with Crippen molar-refractivity contribution in [2.24, 2.45) is 4.99 Å². The quantitative estimate of drug-likeness (QED) is 0.549. The van der Waals surface area contributed by atoms with Gasteiger partial charge in [0.1, 0.15) is 11.8 Å². The predicted molar refractivity (Wildman–Crippen MR) is 44.1 cm³/mol. The third-order valence-corrected chi connectivity index (χ3v) is 2.11. The van der Waals surface area contributed by atoms with Crippen LogP contribution >= 0.6 is 15.9 Å². The van der Waals surface area contributed by atoms with Crippen LogP contribution in [-0.2, 0) is 0 Å². The maximum Gasteiger partial charge on any atom is 0.134 e. The standard InChI is InChI=1S/C7H7BrN2/c1-7(8)3-2-4-10-6(7)5-9/h2,4H,3H2,1H3. The summed E-state index contributed by atoms with van der Waals surface area (Å²) in [5, 5.41) is 8.58. The Hall–Kier alpha value is -0.620. The summed E-state index contributed by atoms with van der Waals surface area (Å²) in [5.41, 5.74) is 0.551. The van der Waals surface area contributed by atoms with Gasteiger partial charge in [-0.25, -0.2) is 4.99 Å². The average molecular weight is 199 g/mol. The fraction of sp³-hybridized carbons (Fsp3) is 0.429. The summed E-state index contributed by atoms with van der Waals surface area (Å²) >= 11 is 3.41. The summed E-state index contributed by atoms with van der Waals surface area (Å²) in [6.07, 6.45) is 4.44. The molecule has 1 heterocycles. The predicted octanol–water partition coefficient (Wildman–Crippen LogP) is 2.02. The number of nitrogens with zero attached hydrogens (tertiary/aromatic N) is 2. The molecule has 1 aliphatic rings. The summed E-state index contributed by atoms with van der Waals surface area (Å²) in [6.45, 7) is 1.94. The normalized spacial score (nSPS) is 31.1. The van der Waals surface area contributed by atoms with Crippen molar-refractivity contribution >= 4 is 21.6 Å². The van der Waals surface area contributed by atoms with Gasteiger partial charge in [-0.3, -0.25) is 0 Å². The summed E-state index contributed by atoms with van der Waals surface area (Å²) in [6, 6.07) is 2.05. The van der Waals surface area contributed by atoms with Gasteiger partial charge in [0.25, 0.3) is 0 Å². The van der Waals surface area contributed by atoms with Crippen LogP contribution in [0.5, 0.6) is 0 Å². The zero-order valence-electron chi connectivity index (χ0n) is 5.63. The minimum atomic E-state index is -0.240. The molecule has 0 saturated heterocycles. The van der Waals surface area contributed by atoms with Crippen LogP contribution in [0.25, 0.3) is 0 Å². The SMILES string of the molecule is CC1(Br)CC=CN=C1C#N. The highest BCUT2D eigenvalue weighted by Crippen LogP contribution is 2.26. The number of rotatable bonds is 0. The van der Waals surface area contributed by atoms with Crippen molar-refractivity contribution in [2.75, 3.05) is 0 Å². The molecule has 2 nitrogen and oxygen atoms in total. The lowest BCUT2D eigenvalue weighted by Gasteiger charge is -2.19. The second kappa shape index (κ2) is 2.55. The van der Waals surface area contributed by atoms with E-state index in [2.05, 4.69) is 20.9 Å². The lowest BCUT2D eigenvalue weighted by atomic mass is 10.0. The molecule has 1 unspecified atom stereocenters. The second-order valence-corrected chi connectivity index (χ2v) is 4.13. The van der Waals surface area contributed by atoms with Gasteiger partial charge in [-0.2, -0.15) is 5.26 Å². The van der Waals surface area contributed by atoms with Crippen LogP contribution < -0.4 is 0 Å². The molecular formula is C7H7BrN2. The van der Waals surface area contributed by atoms with Crippen LogP contribution in [0, 0.1) is 11.3 Å². The molecule has 0 aromatic rings. The topological polar surface area (TPSA) is 36.1 Å². The first kappa shape index (κ1) is 7.49. The zero-order valence-corrected chi connectivity index (χ0v) is 7.22. The highest BCUT2D eigenvalue weighted by molar-refractivity contribution is 9.10. The molecule has 0 saturated carbocycles. The van der Waals surface area contributed by atoms with Crippen molar-refractivity contribution in [3.05, 3.63) is 12.3 Å². The largest absolute Gasteiger partial charge is 0.249 e. The van der Waals surface area contributed by atoms with Gasteiger partial charge in [0.15, 0.2) is 0 Å². The molecule has 0 radical (unpaired) electrons. The molecule has 0 spiro atoms. The van der Waals surface area contributed by atoms with E-state index < -0.39 is 0 Å². The minimum Gasteiger partial charge on any atom is -0.249 e. The van der Waals surface area contributed by atoms with Gasteiger partial charge >= 0.3 is 0 Å². The Morgan fingerprint density at radius 2 is 2.60 bits per heavy atom. The van der Waals surface area contributed by atoms with Gasteiger partial charge in [-0.1, -0.05) is 22.0 Å². The van der Waals surface area contributed by atoms with Crippen LogP contribution in [0.3, 0.4) is 0 Å². The average Bonchev–Trinajstić information content (AvgIpc) is 1.87. The van der Waals surface area contributed by atoms with Crippen LogP contribution in [-0.4, -0.2) is 10.0 Å². The van der Waals surface area contributed by atoms with Crippen molar-refractivity contribution in [3.8, 4) is 6.07 Å². The minimum absolute atomic E-state index is 0.240. The van der Waals surface area contributed by atoms with E-state index in [0.29, 0.717) is 5.71 Å². The molecule has 0 aromatic carbocycles. The van der Waals surface area contributed by atoms with E-state index in [9.17, 15) is 0 Å². The molecular weight excluding hydrogens is 192 g/mol. The van der Waals surface area contributed by atoms with Crippen LogP contribution in [0.2, 0.25) is 0 Å². The Morgan fingerprint density at radius 3 is 3.00 bits per heavy atom. The van der Waals surface area contributed by atoms with Gasteiger partial charge in [-0.05, 0) is 13.3 Å². The zero-order chi connectivity index (χ0) is 7.61. The first-order valence-corrected chi connectivity index (χ1v) is 3.78. The highest BCUT2D eigenvalue weighted by atomic mass is 79.9. The molecule has 3 heteroatoms. The highest BCUT2D eigenvalue weighted by Gasteiger charge is 2.27. The summed E-state index contributed by atoms with van der Waals surface area (Å²) in [7, 11) is 0. The van der Waals surface area contributed by atoms with Crippen LogP contribution in [0.4, 0.5) is 0 Å². The van der Waals surface area contributed by atoms with E-state index in [4.69, 9.17) is 5.26 Å². The third kappa shape index (κ3) is 1.27. The van der Waals surface area contributed by atoms with Crippen molar-refractivity contribution in [2.45, 2.75) is 17.7 Å². The third-order valence-electron chi connectivity index (χ3n) is 1.41. The molecule has 0 fully saturated rings. The number of alkyl halides is 1. The molecule has 1 rings (SSSR count). The Labute approximate surface area is 68.4 Å². The van der Waals surface area contributed by atoms with Gasteiger partial charge in [0.05, 0.1) is 4.32 Å².